The van der Waals surface area contributed by atoms with Crippen molar-refractivity contribution >= 4 is 54.2 Å². The molecule has 0 spiro atoms. The van der Waals surface area contributed by atoms with Crippen LogP contribution in [0.4, 0.5) is 9.52 Å². The molecule has 0 atom stereocenters. The van der Waals surface area contributed by atoms with Crippen molar-refractivity contribution in [3.63, 3.8) is 0 Å². The summed E-state index contributed by atoms with van der Waals surface area (Å²) < 4.78 is 14.9. The van der Waals surface area contributed by atoms with Gasteiger partial charge in [-0.2, -0.15) is 0 Å². The van der Waals surface area contributed by atoms with E-state index in [4.69, 9.17) is 0 Å². The Kier molecular flexibility index (Phi) is 3.90. The van der Waals surface area contributed by atoms with Crippen molar-refractivity contribution in [1.82, 2.24) is 4.98 Å². The first-order valence-corrected chi connectivity index (χ1v) is 6.84. The fraction of sp³-hybridized carbons (Fsp3) is 0. The Morgan fingerprint density at radius 3 is 2.76 bits per heavy atom. The molecule has 0 saturated heterocycles. The highest BCUT2D eigenvalue weighted by molar-refractivity contribution is 9.11. The number of halogens is 3. The van der Waals surface area contributed by atoms with Crippen molar-refractivity contribution in [1.29, 1.82) is 0 Å². The molecular weight excluding hydrogens is 375 g/mol. The van der Waals surface area contributed by atoms with E-state index in [1.165, 1.54) is 23.5 Å². The third-order valence-corrected chi connectivity index (χ3v) is 3.76. The first-order chi connectivity index (χ1) is 8.06. The number of hydrogen-bond donors (Lipinski definition) is 1. The predicted octanol–water partition coefficient (Wildman–Crippen LogP) is 4.06. The molecule has 7 heteroatoms. The lowest BCUT2D eigenvalue weighted by Gasteiger charge is -2.03. The van der Waals surface area contributed by atoms with E-state index in [-0.39, 0.29) is 5.56 Å². The Hall–Kier alpha value is -0.790. The molecule has 3 nitrogen and oxygen atoms in total. The van der Waals surface area contributed by atoms with Crippen LogP contribution in [0.2, 0.25) is 0 Å². The van der Waals surface area contributed by atoms with Crippen molar-refractivity contribution in [2.24, 2.45) is 0 Å². The summed E-state index contributed by atoms with van der Waals surface area (Å²) in [5, 5.41) is 2.94. The van der Waals surface area contributed by atoms with Crippen LogP contribution in [0, 0.1) is 5.82 Å². The Balaban J connectivity index is 2.20. The fourth-order valence-electron chi connectivity index (χ4n) is 1.15. The molecule has 1 aromatic heterocycles. The average molecular weight is 380 g/mol. The van der Waals surface area contributed by atoms with Crippen LogP contribution < -0.4 is 5.32 Å². The van der Waals surface area contributed by atoms with E-state index in [2.05, 4.69) is 42.2 Å². The summed E-state index contributed by atoms with van der Waals surface area (Å²) >= 11 is 7.62. The zero-order valence-corrected chi connectivity index (χ0v) is 12.2. The first-order valence-electron chi connectivity index (χ1n) is 4.44. The Labute approximate surface area is 117 Å². The van der Waals surface area contributed by atoms with Crippen LogP contribution in [0.25, 0.3) is 0 Å². The zero-order valence-electron chi connectivity index (χ0n) is 8.21. The maximum Gasteiger partial charge on any atom is 0.260 e. The van der Waals surface area contributed by atoms with E-state index in [1.54, 1.807) is 12.3 Å². The van der Waals surface area contributed by atoms with Gasteiger partial charge in [0.2, 0.25) is 0 Å². The molecule has 0 unspecified atom stereocenters. The van der Waals surface area contributed by atoms with E-state index in [0.29, 0.717) is 9.60 Å². The number of hydrogen-bond acceptors (Lipinski definition) is 3. The molecule has 2 aromatic rings. The standard InChI is InChI=1S/C10H5Br2FN2OS/c11-5-1-2-6(7(13)3-5)9(16)15-10-14-4-8(12)17-10/h1-4H,(H,14,15,16). The highest BCUT2D eigenvalue weighted by Crippen LogP contribution is 2.24. The molecule has 0 aliphatic carbocycles. The van der Waals surface area contributed by atoms with Crippen LogP contribution in [0.15, 0.2) is 32.7 Å². The molecule has 0 bridgehead atoms. The number of rotatable bonds is 2. The van der Waals surface area contributed by atoms with Crippen molar-refractivity contribution in [3.8, 4) is 0 Å². The number of nitrogens with one attached hydrogen (secondary N) is 1. The van der Waals surface area contributed by atoms with Crippen LogP contribution in [0.5, 0.6) is 0 Å². The molecule has 0 fully saturated rings. The Bertz CT molecular complexity index is 573. The van der Waals surface area contributed by atoms with Gasteiger partial charge >= 0.3 is 0 Å². The minimum atomic E-state index is -0.576. The number of nitrogens with zero attached hydrogens (tertiary/aromatic N) is 1. The zero-order chi connectivity index (χ0) is 12.4. The summed E-state index contributed by atoms with van der Waals surface area (Å²) in [4.78, 5) is 15.7. The van der Waals surface area contributed by atoms with Crippen LogP contribution in [-0.2, 0) is 0 Å². The number of amides is 1. The maximum absolute atomic E-state index is 13.5. The van der Waals surface area contributed by atoms with E-state index >= 15 is 0 Å². The van der Waals surface area contributed by atoms with E-state index in [9.17, 15) is 9.18 Å². The van der Waals surface area contributed by atoms with Crippen molar-refractivity contribution in [2.45, 2.75) is 0 Å². The highest BCUT2D eigenvalue weighted by atomic mass is 79.9. The monoisotopic (exact) mass is 378 g/mol. The molecule has 1 amide bonds. The van der Waals surface area contributed by atoms with Gasteiger partial charge in [-0.25, -0.2) is 9.37 Å². The third kappa shape index (κ3) is 3.11. The van der Waals surface area contributed by atoms with Gasteiger partial charge in [0.25, 0.3) is 5.91 Å². The quantitative estimate of drug-likeness (QED) is 0.854. The third-order valence-electron chi connectivity index (χ3n) is 1.87. The topological polar surface area (TPSA) is 42.0 Å². The van der Waals surface area contributed by atoms with Crippen LogP contribution in [0.1, 0.15) is 10.4 Å². The SMILES string of the molecule is O=C(Nc1ncc(Br)s1)c1ccc(Br)cc1F. The van der Waals surface area contributed by atoms with E-state index < -0.39 is 11.7 Å². The lowest BCUT2D eigenvalue weighted by molar-refractivity contribution is 0.102. The predicted molar refractivity (Wildman–Crippen MR) is 71.9 cm³/mol. The molecule has 0 aliphatic heterocycles. The minimum Gasteiger partial charge on any atom is -0.298 e. The number of thiazole rings is 1. The van der Waals surface area contributed by atoms with Gasteiger partial charge in [0.05, 0.1) is 15.5 Å². The summed E-state index contributed by atoms with van der Waals surface area (Å²) in [5.74, 6) is -1.09. The van der Waals surface area contributed by atoms with Gasteiger partial charge in [-0.3, -0.25) is 10.1 Å². The van der Waals surface area contributed by atoms with E-state index in [1.807, 2.05) is 0 Å². The molecule has 0 radical (unpaired) electrons. The lowest BCUT2D eigenvalue weighted by atomic mass is 10.2. The average Bonchev–Trinajstić information content (AvgIpc) is 2.63. The van der Waals surface area contributed by atoms with Gasteiger partial charge in [0.15, 0.2) is 5.13 Å². The second-order valence-electron chi connectivity index (χ2n) is 3.05. The molecule has 0 aliphatic rings. The van der Waals surface area contributed by atoms with Crippen molar-refractivity contribution in [3.05, 3.63) is 44.0 Å². The van der Waals surface area contributed by atoms with Gasteiger partial charge in [0, 0.05) is 4.47 Å². The summed E-state index contributed by atoms with van der Waals surface area (Å²) in [6.45, 7) is 0. The van der Waals surface area contributed by atoms with E-state index in [0.717, 1.165) is 3.79 Å². The second kappa shape index (κ2) is 5.24. The molecule has 1 heterocycles. The molecule has 0 saturated carbocycles. The molecule has 88 valence electrons. The summed E-state index contributed by atoms with van der Waals surface area (Å²) in [5.41, 5.74) is -0.0143. The van der Waals surface area contributed by atoms with Crippen LogP contribution in [0.3, 0.4) is 0 Å². The number of anilines is 1. The van der Waals surface area contributed by atoms with Crippen molar-refractivity contribution in [2.75, 3.05) is 5.32 Å². The van der Waals surface area contributed by atoms with Gasteiger partial charge in [-0.05, 0) is 34.1 Å². The van der Waals surface area contributed by atoms with Crippen molar-refractivity contribution < 1.29 is 9.18 Å². The Morgan fingerprint density at radius 2 is 2.18 bits per heavy atom. The lowest BCUT2D eigenvalue weighted by Crippen LogP contribution is -2.13. The molecule has 17 heavy (non-hydrogen) atoms. The molecule has 2 rings (SSSR count). The van der Waals surface area contributed by atoms with Crippen LogP contribution >= 0.6 is 43.2 Å². The Morgan fingerprint density at radius 1 is 1.41 bits per heavy atom. The number of carbonyl (C=O) groups is 1. The normalized spacial score (nSPS) is 10.3. The fourth-order valence-corrected chi connectivity index (χ4v) is 2.59. The summed E-state index contributed by atoms with van der Waals surface area (Å²) in [7, 11) is 0. The summed E-state index contributed by atoms with van der Waals surface area (Å²) in [6, 6.07) is 4.26. The first kappa shape index (κ1) is 12.7. The largest absolute Gasteiger partial charge is 0.298 e. The van der Waals surface area contributed by atoms with Gasteiger partial charge in [-0.15, -0.1) is 0 Å². The highest BCUT2D eigenvalue weighted by Gasteiger charge is 2.13. The summed E-state index contributed by atoms with van der Waals surface area (Å²) in [6.07, 6.45) is 1.57. The minimum absolute atomic E-state index is 0.0143. The molecular formula is C10H5Br2FN2OS. The van der Waals surface area contributed by atoms with Gasteiger partial charge in [0.1, 0.15) is 5.82 Å². The van der Waals surface area contributed by atoms with Gasteiger partial charge in [-0.1, -0.05) is 27.3 Å². The van der Waals surface area contributed by atoms with Crippen LogP contribution in [-0.4, -0.2) is 10.9 Å². The second-order valence-corrected chi connectivity index (χ2v) is 6.37. The number of aromatic nitrogens is 1. The maximum atomic E-state index is 13.5. The number of carbonyl (C=O) groups excluding carboxylic acids is 1. The van der Waals surface area contributed by atoms with Gasteiger partial charge < -0.3 is 0 Å². The molecule has 1 aromatic carbocycles. The number of benzene rings is 1. The smallest absolute Gasteiger partial charge is 0.260 e. The molecule has 1 N–H and O–H groups in total.